The van der Waals surface area contributed by atoms with Crippen LogP contribution in [0, 0.1) is 0 Å². The highest BCUT2D eigenvalue weighted by Crippen LogP contribution is 2.18. The molecule has 1 N–H and O–H groups in total. The van der Waals surface area contributed by atoms with Gasteiger partial charge in [0.05, 0.1) is 12.1 Å². The first-order valence-corrected chi connectivity index (χ1v) is 7.45. The zero-order valence-electron chi connectivity index (χ0n) is 12.9. The van der Waals surface area contributed by atoms with E-state index in [2.05, 4.69) is 15.3 Å². The number of aromatic nitrogens is 2. The molecule has 0 saturated carbocycles. The Morgan fingerprint density at radius 2 is 1.78 bits per heavy atom. The number of benzene rings is 2. The molecule has 3 rings (SSSR count). The molecule has 0 aliphatic heterocycles. The van der Waals surface area contributed by atoms with Crippen LogP contribution in [-0.4, -0.2) is 34.4 Å². The van der Waals surface area contributed by atoms with Gasteiger partial charge in [0, 0.05) is 19.0 Å². The molecule has 0 aliphatic carbocycles. The lowest BCUT2D eigenvalue weighted by Gasteiger charge is -2.18. The Balaban J connectivity index is 1.64. The van der Waals surface area contributed by atoms with Crippen molar-refractivity contribution >= 4 is 22.6 Å². The van der Waals surface area contributed by atoms with Crippen molar-refractivity contribution in [2.24, 2.45) is 0 Å². The monoisotopic (exact) mass is 306 g/mol. The fourth-order valence-corrected chi connectivity index (χ4v) is 2.39. The van der Waals surface area contributed by atoms with E-state index < -0.39 is 0 Å². The van der Waals surface area contributed by atoms with E-state index in [1.165, 1.54) is 6.33 Å². The maximum atomic E-state index is 12.3. The van der Waals surface area contributed by atoms with Crippen molar-refractivity contribution in [1.29, 1.82) is 0 Å². The standard InChI is InChI=1S/C18H18N4O/c1-22(12-14-7-3-2-4-8-14)17(23)11-19-18-15-9-5-6-10-16(15)20-13-21-18/h2-10,13H,11-12H2,1H3,(H,19,20,21). The molecule has 0 bridgehead atoms. The first-order valence-electron chi connectivity index (χ1n) is 7.45. The number of hydrogen-bond donors (Lipinski definition) is 1. The van der Waals surface area contributed by atoms with Gasteiger partial charge in [0.25, 0.3) is 0 Å². The number of carbonyl (C=O) groups is 1. The Hall–Kier alpha value is -2.95. The molecule has 0 unspecified atom stereocenters. The summed E-state index contributed by atoms with van der Waals surface area (Å²) in [5.74, 6) is 0.689. The summed E-state index contributed by atoms with van der Waals surface area (Å²) in [4.78, 5) is 22.4. The molecular weight excluding hydrogens is 288 g/mol. The highest BCUT2D eigenvalue weighted by molar-refractivity contribution is 5.90. The minimum Gasteiger partial charge on any atom is -0.360 e. The van der Waals surface area contributed by atoms with Crippen LogP contribution >= 0.6 is 0 Å². The quantitative estimate of drug-likeness (QED) is 0.787. The second-order valence-corrected chi connectivity index (χ2v) is 5.33. The zero-order valence-corrected chi connectivity index (χ0v) is 12.9. The lowest BCUT2D eigenvalue weighted by Crippen LogP contribution is -2.31. The number of hydrogen-bond acceptors (Lipinski definition) is 4. The third-order valence-electron chi connectivity index (χ3n) is 3.64. The summed E-state index contributed by atoms with van der Waals surface area (Å²) in [6, 6.07) is 17.6. The minimum absolute atomic E-state index is 0.0107. The van der Waals surface area contributed by atoms with Crippen LogP contribution in [0.5, 0.6) is 0 Å². The number of nitrogens with one attached hydrogen (secondary N) is 1. The Bertz CT molecular complexity index is 799. The number of anilines is 1. The fourth-order valence-electron chi connectivity index (χ4n) is 2.39. The van der Waals surface area contributed by atoms with E-state index in [1.807, 2.05) is 54.6 Å². The van der Waals surface area contributed by atoms with E-state index in [0.29, 0.717) is 12.4 Å². The third kappa shape index (κ3) is 3.63. The van der Waals surface area contributed by atoms with Gasteiger partial charge in [0.2, 0.25) is 5.91 Å². The van der Waals surface area contributed by atoms with E-state index in [9.17, 15) is 4.79 Å². The van der Waals surface area contributed by atoms with E-state index in [1.54, 1.807) is 11.9 Å². The average Bonchev–Trinajstić information content (AvgIpc) is 2.60. The summed E-state index contributed by atoms with van der Waals surface area (Å²) in [6.07, 6.45) is 1.50. The van der Waals surface area contributed by atoms with Gasteiger partial charge in [0.15, 0.2) is 0 Å². The maximum Gasteiger partial charge on any atom is 0.241 e. The molecule has 23 heavy (non-hydrogen) atoms. The predicted octanol–water partition coefficient (Wildman–Crippen LogP) is 2.70. The van der Waals surface area contributed by atoms with E-state index in [0.717, 1.165) is 16.5 Å². The molecule has 1 heterocycles. The maximum absolute atomic E-state index is 12.3. The summed E-state index contributed by atoms with van der Waals surface area (Å²) >= 11 is 0. The van der Waals surface area contributed by atoms with E-state index >= 15 is 0 Å². The molecule has 0 atom stereocenters. The molecule has 116 valence electrons. The summed E-state index contributed by atoms with van der Waals surface area (Å²) in [7, 11) is 1.80. The van der Waals surface area contributed by atoms with Crippen LogP contribution in [-0.2, 0) is 11.3 Å². The number of fused-ring (bicyclic) bond motifs is 1. The van der Waals surface area contributed by atoms with Crippen LogP contribution in [0.2, 0.25) is 0 Å². The van der Waals surface area contributed by atoms with Gasteiger partial charge in [-0.15, -0.1) is 0 Å². The predicted molar refractivity (Wildman–Crippen MR) is 90.9 cm³/mol. The molecule has 1 amide bonds. The van der Waals surface area contributed by atoms with Crippen LogP contribution in [0.15, 0.2) is 60.9 Å². The normalized spacial score (nSPS) is 10.5. The molecule has 1 aromatic heterocycles. The number of nitrogens with zero attached hydrogens (tertiary/aromatic N) is 3. The molecule has 5 heteroatoms. The van der Waals surface area contributed by atoms with Crippen molar-refractivity contribution in [3.8, 4) is 0 Å². The number of likely N-dealkylation sites (N-methyl/N-ethyl adjacent to an activating group) is 1. The van der Waals surface area contributed by atoms with Crippen molar-refractivity contribution in [2.45, 2.75) is 6.54 Å². The Labute approximate surface area is 135 Å². The largest absolute Gasteiger partial charge is 0.360 e. The van der Waals surface area contributed by atoms with Gasteiger partial charge in [-0.05, 0) is 17.7 Å². The topological polar surface area (TPSA) is 58.1 Å². The van der Waals surface area contributed by atoms with E-state index in [4.69, 9.17) is 0 Å². The van der Waals surface area contributed by atoms with Crippen LogP contribution in [0.1, 0.15) is 5.56 Å². The minimum atomic E-state index is 0.0107. The molecule has 2 aromatic carbocycles. The van der Waals surface area contributed by atoms with Crippen LogP contribution in [0.4, 0.5) is 5.82 Å². The zero-order chi connectivity index (χ0) is 16.1. The van der Waals surface area contributed by atoms with Crippen molar-refractivity contribution in [2.75, 3.05) is 18.9 Å². The van der Waals surface area contributed by atoms with Crippen LogP contribution in [0.25, 0.3) is 10.9 Å². The van der Waals surface area contributed by atoms with Gasteiger partial charge < -0.3 is 10.2 Å². The van der Waals surface area contributed by atoms with Gasteiger partial charge >= 0.3 is 0 Å². The van der Waals surface area contributed by atoms with Gasteiger partial charge in [-0.25, -0.2) is 9.97 Å². The fraction of sp³-hybridized carbons (Fsp3) is 0.167. The molecule has 0 fully saturated rings. The smallest absolute Gasteiger partial charge is 0.241 e. The summed E-state index contributed by atoms with van der Waals surface area (Å²) in [6.45, 7) is 0.788. The van der Waals surface area contributed by atoms with Crippen molar-refractivity contribution < 1.29 is 4.79 Å². The molecule has 0 spiro atoms. The lowest BCUT2D eigenvalue weighted by atomic mass is 10.2. The number of para-hydroxylation sites is 1. The molecule has 0 radical (unpaired) electrons. The van der Waals surface area contributed by atoms with Gasteiger partial charge in [-0.1, -0.05) is 42.5 Å². The highest BCUT2D eigenvalue weighted by atomic mass is 16.2. The van der Waals surface area contributed by atoms with Crippen molar-refractivity contribution in [3.05, 3.63) is 66.5 Å². The molecule has 3 aromatic rings. The Morgan fingerprint density at radius 3 is 2.61 bits per heavy atom. The van der Waals surface area contributed by atoms with Gasteiger partial charge in [-0.3, -0.25) is 4.79 Å². The second-order valence-electron chi connectivity index (χ2n) is 5.33. The van der Waals surface area contributed by atoms with Gasteiger partial charge in [-0.2, -0.15) is 0 Å². The SMILES string of the molecule is CN(Cc1ccccc1)C(=O)CNc1ncnc2ccccc12. The van der Waals surface area contributed by atoms with Gasteiger partial charge in [0.1, 0.15) is 12.1 Å². The average molecular weight is 306 g/mol. The van der Waals surface area contributed by atoms with Crippen molar-refractivity contribution in [3.63, 3.8) is 0 Å². The summed E-state index contributed by atoms with van der Waals surface area (Å²) < 4.78 is 0. The second kappa shape index (κ2) is 6.87. The van der Waals surface area contributed by atoms with Crippen molar-refractivity contribution in [1.82, 2.24) is 14.9 Å². The summed E-state index contributed by atoms with van der Waals surface area (Å²) in [5, 5.41) is 4.02. The lowest BCUT2D eigenvalue weighted by molar-refractivity contribution is -0.128. The van der Waals surface area contributed by atoms with Crippen LogP contribution in [0.3, 0.4) is 0 Å². The first kappa shape index (κ1) is 15.0. The summed E-state index contributed by atoms with van der Waals surface area (Å²) in [5.41, 5.74) is 1.96. The third-order valence-corrected chi connectivity index (χ3v) is 3.64. The number of carbonyl (C=O) groups excluding carboxylic acids is 1. The number of amides is 1. The van der Waals surface area contributed by atoms with E-state index in [-0.39, 0.29) is 12.5 Å². The Morgan fingerprint density at radius 1 is 1.04 bits per heavy atom. The molecule has 0 saturated heterocycles. The first-order chi connectivity index (χ1) is 11.2. The van der Waals surface area contributed by atoms with Crippen LogP contribution < -0.4 is 5.32 Å². The molecular formula is C18H18N4O. The molecule has 0 aliphatic rings. The highest BCUT2D eigenvalue weighted by Gasteiger charge is 2.10. The number of rotatable bonds is 5. The molecule has 5 nitrogen and oxygen atoms in total. The Kier molecular flexibility index (Phi) is 4.47.